The Hall–Kier alpha value is -1.56. The first-order valence-electron chi connectivity index (χ1n) is 6.25. The first-order chi connectivity index (χ1) is 9.04. The van der Waals surface area contributed by atoms with E-state index in [2.05, 4.69) is 34.3 Å². The van der Waals surface area contributed by atoms with Gasteiger partial charge in [-0.3, -0.25) is 4.98 Å². The molecular weight excluding hydrogens is 263 g/mol. The van der Waals surface area contributed by atoms with Crippen LogP contribution >= 0.6 is 11.3 Å². The monoisotopic (exact) mass is 280 g/mol. The third-order valence-corrected chi connectivity index (χ3v) is 3.46. The molecule has 6 heteroatoms. The fourth-order valence-electron chi connectivity index (χ4n) is 1.65. The number of nitrogens with zero attached hydrogens (tertiary/aromatic N) is 3. The van der Waals surface area contributed by atoms with Gasteiger partial charge in [-0.25, -0.2) is 4.39 Å². The van der Waals surface area contributed by atoms with E-state index >= 15 is 0 Å². The lowest BCUT2D eigenvalue weighted by Crippen LogP contribution is -2.08. The number of rotatable bonds is 5. The van der Waals surface area contributed by atoms with E-state index in [4.69, 9.17) is 0 Å². The zero-order chi connectivity index (χ0) is 13.8. The third kappa shape index (κ3) is 3.96. The van der Waals surface area contributed by atoms with E-state index in [0.29, 0.717) is 5.92 Å². The Morgan fingerprint density at radius 3 is 2.68 bits per heavy atom. The molecule has 0 aromatic carbocycles. The van der Waals surface area contributed by atoms with Crippen molar-refractivity contribution in [1.82, 2.24) is 15.2 Å². The van der Waals surface area contributed by atoms with Gasteiger partial charge in [0.05, 0.1) is 17.9 Å². The van der Waals surface area contributed by atoms with Crippen molar-refractivity contribution in [2.45, 2.75) is 33.2 Å². The van der Waals surface area contributed by atoms with Crippen molar-refractivity contribution >= 4 is 16.5 Å². The second kappa shape index (κ2) is 6.06. The zero-order valence-corrected chi connectivity index (χ0v) is 12.0. The Kier molecular flexibility index (Phi) is 4.42. The Bertz CT molecular complexity index is 524. The van der Waals surface area contributed by atoms with Gasteiger partial charge in [-0.05, 0) is 25.0 Å². The maximum Gasteiger partial charge on any atom is 0.206 e. The summed E-state index contributed by atoms with van der Waals surface area (Å²) in [6.07, 6.45) is 2.15. The molecule has 4 nitrogen and oxygen atoms in total. The molecule has 0 aliphatic rings. The second-order valence-electron chi connectivity index (χ2n) is 4.87. The molecule has 2 aromatic heterocycles. The van der Waals surface area contributed by atoms with E-state index in [1.165, 1.54) is 12.3 Å². The van der Waals surface area contributed by atoms with Gasteiger partial charge in [0, 0.05) is 6.42 Å². The Morgan fingerprint density at radius 2 is 2.05 bits per heavy atom. The topological polar surface area (TPSA) is 50.7 Å². The Morgan fingerprint density at radius 1 is 1.26 bits per heavy atom. The van der Waals surface area contributed by atoms with Crippen LogP contribution in [-0.4, -0.2) is 15.2 Å². The lowest BCUT2D eigenvalue weighted by atomic mass is 10.1. The van der Waals surface area contributed by atoms with Crippen LogP contribution in [0.2, 0.25) is 0 Å². The highest BCUT2D eigenvalue weighted by molar-refractivity contribution is 7.15. The van der Waals surface area contributed by atoms with Gasteiger partial charge in [0.2, 0.25) is 5.13 Å². The summed E-state index contributed by atoms with van der Waals surface area (Å²) in [4.78, 5) is 4.05. The molecule has 102 valence electrons. The normalized spacial score (nSPS) is 12.7. The third-order valence-electron chi connectivity index (χ3n) is 2.58. The van der Waals surface area contributed by atoms with Crippen molar-refractivity contribution in [3.05, 3.63) is 34.8 Å². The smallest absolute Gasteiger partial charge is 0.206 e. The molecule has 0 bridgehead atoms. The summed E-state index contributed by atoms with van der Waals surface area (Å²) < 4.78 is 12.8. The fourth-order valence-corrected chi connectivity index (χ4v) is 2.69. The Labute approximate surface area is 116 Å². The molecular formula is C13H17FN4S. The quantitative estimate of drug-likeness (QED) is 0.911. The standard InChI is InChI=1S/C13H17FN4S/c1-8(2)6-12-17-18-13(19-12)16-9(3)11-5-4-10(14)7-15-11/h4-5,7-9H,6H2,1-3H3,(H,16,18). The predicted molar refractivity (Wildman–Crippen MR) is 74.7 cm³/mol. The average Bonchev–Trinajstić information content (AvgIpc) is 2.76. The van der Waals surface area contributed by atoms with Crippen molar-refractivity contribution < 1.29 is 4.39 Å². The molecule has 0 spiro atoms. The van der Waals surface area contributed by atoms with E-state index in [9.17, 15) is 4.39 Å². The highest BCUT2D eigenvalue weighted by Crippen LogP contribution is 2.22. The van der Waals surface area contributed by atoms with Crippen molar-refractivity contribution in [3.63, 3.8) is 0 Å². The summed E-state index contributed by atoms with van der Waals surface area (Å²) in [5.41, 5.74) is 0.780. The van der Waals surface area contributed by atoms with Gasteiger partial charge in [0.25, 0.3) is 0 Å². The second-order valence-corrected chi connectivity index (χ2v) is 5.93. The minimum Gasteiger partial charge on any atom is -0.352 e. The van der Waals surface area contributed by atoms with Crippen molar-refractivity contribution in [2.75, 3.05) is 5.32 Å². The molecule has 0 aliphatic carbocycles. The SMILES string of the molecule is CC(C)Cc1nnc(NC(C)c2ccc(F)cn2)s1. The van der Waals surface area contributed by atoms with Gasteiger partial charge in [-0.1, -0.05) is 25.2 Å². The van der Waals surface area contributed by atoms with Crippen LogP contribution < -0.4 is 5.32 Å². The number of pyridine rings is 1. The minimum atomic E-state index is -0.328. The van der Waals surface area contributed by atoms with Gasteiger partial charge in [0.1, 0.15) is 10.8 Å². The highest BCUT2D eigenvalue weighted by Gasteiger charge is 2.11. The number of halogens is 1. The fraction of sp³-hybridized carbons (Fsp3) is 0.462. The van der Waals surface area contributed by atoms with Crippen LogP contribution in [0.3, 0.4) is 0 Å². The number of nitrogens with one attached hydrogen (secondary N) is 1. The van der Waals surface area contributed by atoms with E-state index in [1.807, 2.05) is 6.92 Å². The van der Waals surface area contributed by atoms with Gasteiger partial charge < -0.3 is 5.32 Å². The van der Waals surface area contributed by atoms with Crippen LogP contribution in [0, 0.1) is 11.7 Å². The molecule has 1 N–H and O–H groups in total. The average molecular weight is 280 g/mol. The molecule has 0 radical (unpaired) electrons. The molecule has 0 saturated heterocycles. The van der Waals surface area contributed by atoms with E-state index in [0.717, 1.165) is 22.3 Å². The lowest BCUT2D eigenvalue weighted by Gasteiger charge is -2.11. The van der Waals surface area contributed by atoms with E-state index < -0.39 is 0 Å². The molecule has 0 aliphatic heterocycles. The van der Waals surface area contributed by atoms with Crippen LogP contribution in [0.4, 0.5) is 9.52 Å². The molecule has 0 fully saturated rings. The molecule has 2 heterocycles. The van der Waals surface area contributed by atoms with Crippen LogP contribution in [0.5, 0.6) is 0 Å². The van der Waals surface area contributed by atoms with Crippen LogP contribution in [-0.2, 0) is 6.42 Å². The van der Waals surface area contributed by atoms with Crippen LogP contribution in [0.15, 0.2) is 18.3 Å². The number of anilines is 1. The highest BCUT2D eigenvalue weighted by atomic mass is 32.1. The van der Waals surface area contributed by atoms with Gasteiger partial charge in [0.15, 0.2) is 0 Å². The molecule has 2 aromatic rings. The zero-order valence-electron chi connectivity index (χ0n) is 11.2. The Balaban J connectivity index is 2.00. The van der Waals surface area contributed by atoms with Gasteiger partial charge >= 0.3 is 0 Å². The molecule has 1 atom stereocenters. The summed E-state index contributed by atoms with van der Waals surface area (Å²) in [5, 5.41) is 13.3. The maximum atomic E-state index is 12.8. The largest absolute Gasteiger partial charge is 0.352 e. The van der Waals surface area contributed by atoms with E-state index in [1.54, 1.807) is 17.4 Å². The molecule has 0 saturated carbocycles. The number of aromatic nitrogens is 3. The molecule has 0 amide bonds. The van der Waals surface area contributed by atoms with Crippen molar-refractivity contribution in [1.29, 1.82) is 0 Å². The van der Waals surface area contributed by atoms with Gasteiger partial charge in [-0.15, -0.1) is 10.2 Å². The van der Waals surface area contributed by atoms with Crippen molar-refractivity contribution in [2.24, 2.45) is 5.92 Å². The molecule has 1 unspecified atom stereocenters. The van der Waals surface area contributed by atoms with Crippen LogP contribution in [0.1, 0.15) is 37.5 Å². The minimum absolute atomic E-state index is 0.0274. The summed E-state index contributed by atoms with van der Waals surface area (Å²) in [7, 11) is 0. The summed E-state index contributed by atoms with van der Waals surface area (Å²) in [6, 6.07) is 3.05. The predicted octanol–water partition coefficient (Wildman–Crippen LogP) is 3.44. The number of hydrogen-bond acceptors (Lipinski definition) is 5. The summed E-state index contributed by atoms with van der Waals surface area (Å²) in [5.74, 6) is 0.239. The first-order valence-corrected chi connectivity index (χ1v) is 7.06. The number of hydrogen-bond donors (Lipinski definition) is 1. The van der Waals surface area contributed by atoms with Gasteiger partial charge in [-0.2, -0.15) is 0 Å². The maximum absolute atomic E-state index is 12.8. The van der Waals surface area contributed by atoms with Crippen molar-refractivity contribution in [3.8, 4) is 0 Å². The van der Waals surface area contributed by atoms with E-state index in [-0.39, 0.29) is 11.9 Å². The summed E-state index contributed by atoms with van der Waals surface area (Å²) >= 11 is 1.55. The molecule has 19 heavy (non-hydrogen) atoms. The first kappa shape index (κ1) is 13.9. The molecule has 2 rings (SSSR count). The lowest BCUT2D eigenvalue weighted by molar-refractivity contribution is 0.617. The van der Waals surface area contributed by atoms with Crippen LogP contribution in [0.25, 0.3) is 0 Å². The summed E-state index contributed by atoms with van der Waals surface area (Å²) in [6.45, 7) is 6.27.